The molecule has 32 heavy (non-hydrogen) atoms. The van der Waals surface area contributed by atoms with Crippen molar-refractivity contribution < 1.29 is 4.52 Å². The van der Waals surface area contributed by atoms with Crippen LogP contribution in [-0.4, -0.2) is 42.5 Å². The van der Waals surface area contributed by atoms with Gasteiger partial charge in [-0.25, -0.2) is 4.98 Å². The Morgan fingerprint density at radius 2 is 2.12 bits per heavy atom. The number of nitrogens with zero attached hydrogens (tertiary/aromatic N) is 6. The molecule has 1 aliphatic heterocycles. The summed E-state index contributed by atoms with van der Waals surface area (Å²) in [7, 11) is 0. The highest BCUT2D eigenvalue weighted by Gasteiger charge is 2.54. The molecule has 1 saturated heterocycles. The largest absolute Gasteiger partial charge is 0.338 e. The molecule has 6 rings (SSSR count). The molecule has 0 spiro atoms. The molecule has 0 bridgehead atoms. The molecule has 0 amide bonds. The van der Waals surface area contributed by atoms with Crippen molar-refractivity contribution in [3.8, 4) is 11.4 Å². The molecule has 7 heteroatoms. The number of imidazole rings is 1. The maximum absolute atomic E-state index is 5.88. The minimum Gasteiger partial charge on any atom is -0.338 e. The topological polar surface area (TPSA) is 72.3 Å². The van der Waals surface area contributed by atoms with Crippen molar-refractivity contribution in [3.05, 3.63) is 66.3 Å². The summed E-state index contributed by atoms with van der Waals surface area (Å²) in [5.74, 6) is 3.48. The molecule has 0 radical (unpaired) electrons. The summed E-state index contributed by atoms with van der Waals surface area (Å²) < 4.78 is 8.12. The van der Waals surface area contributed by atoms with E-state index < -0.39 is 0 Å². The first-order chi connectivity index (χ1) is 15.6. The third-order valence-corrected chi connectivity index (χ3v) is 7.25. The van der Waals surface area contributed by atoms with Gasteiger partial charge in [0.05, 0.1) is 16.6 Å². The van der Waals surface area contributed by atoms with Crippen LogP contribution < -0.4 is 0 Å². The van der Waals surface area contributed by atoms with Crippen LogP contribution in [-0.2, 0) is 12.0 Å². The highest BCUT2D eigenvalue weighted by atomic mass is 16.5. The SMILES string of the molecule is CC(C)c1nc(CN2C[C@H]3CCC[C@@]3(c3nc(-c4cccnc4)no3)C2)c2ccccn12. The Labute approximate surface area is 187 Å². The maximum atomic E-state index is 5.88. The number of hydrogen-bond donors (Lipinski definition) is 0. The number of pyridine rings is 2. The fourth-order valence-electron chi connectivity index (χ4n) is 5.76. The molecule has 1 saturated carbocycles. The van der Waals surface area contributed by atoms with E-state index in [1.165, 1.54) is 18.4 Å². The molecule has 7 nitrogen and oxygen atoms in total. The van der Waals surface area contributed by atoms with Crippen LogP contribution in [0.1, 0.15) is 56.4 Å². The fourth-order valence-corrected chi connectivity index (χ4v) is 5.76. The van der Waals surface area contributed by atoms with E-state index >= 15 is 0 Å². The Kier molecular flexibility index (Phi) is 4.61. The lowest BCUT2D eigenvalue weighted by Gasteiger charge is -2.24. The average Bonchev–Trinajstić information content (AvgIpc) is 3.57. The highest BCUT2D eigenvalue weighted by Crippen LogP contribution is 2.50. The number of rotatable bonds is 5. The van der Waals surface area contributed by atoms with Gasteiger partial charge in [-0.15, -0.1) is 0 Å². The summed E-state index contributed by atoms with van der Waals surface area (Å²) >= 11 is 0. The third kappa shape index (κ3) is 3.06. The van der Waals surface area contributed by atoms with Gasteiger partial charge in [-0.05, 0) is 43.0 Å². The summed E-state index contributed by atoms with van der Waals surface area (Å²) in [4.78, 5) is 16.6. The van der Waals surface area contributed by atoms with Crippen LogP contribution in [0.2, 0.25) is 0 Å². The molecule has 1 aliphatic carbocycles. The van der Waals surface area contributed by atoms with E-state index in [0.29, 0.717) is 17.7 Å². The van der Waals surface area contributed by atoms with E-state index in [4.69, 9.17) is 14.5 Å². The van der Waals surface area contributed by atoms with Crippen molar-refractivity contribution in [3.63, 3.8) is 0 Å². The first-order valence-electron chi connectivity index (χ1n) is 11.6. The lowest BCUT2D eigenvalue weighted by atomic mass is 9.80. The molecule has 2 fully saturated rings. The fraction of sp³-hybridized carbons (Fsp3) is 0.440. The molecule has 2 aliphatic rings. The number of hydrogen-bond acceptors (Lipinski definition) is 6. The quantitative estimate of drug-likeness (QED) is 0.467. The van der Waals surface area contributed by atoms with Gasteiger partial charge in [0.15, 0.2) is 0 Å². The van der Waals surface area contributed by atoms with Gasteiger partial charge in [-0.1, -0.05) is 31.5 Å². The normalized spacial score (nSPS) is 23.4. The highest BCUT2D eigenvalue weighted by molar-refractivity contribution is 5.54. The van der Waals surface area contributed by atoms with Gasteiger partial charge in [0.1, 0.15) is 5.82 Å². The smallest absolute Gasteiger partial charge is 0.234 e. The first-order valence-corrected chi connectivity index (χ1v) is 11.6. The maximum Gasteiger partial charge on any atom is 0.234 e. The van der Waals surface area contributed by atoms with Crippen molar-refractivity contribution in [1.82, 2.24) is 29.4 Å². The zero-order valence-electron chi connectivity index (χ0n) is 18.6. The lowest BCUT2D eigenvalue weighted by molar-refractivity contribution is 0.244. The van der Waals surface area contributed by atoms with Crippen LogP contribution in [0, 0.1) is 5.92 Å². The molecule has 4 aromatic rings. The molecule has 164 valence electrons. The van der Waals surface area contributed by atoms with Crippen molar-refractivity contribution in [2.75, 3.05) is 13.1 Å². The van der Waals surface area contributed by atoms with E-state index in [-0.39, 0.29) is 5.41 Å². The summed E-state index contributed by atoms with van der Waals surface area (Å²) in [6.07, 6.45) is 9.20. The Morgan fingerprint density at radius 1 is 1.19 bits per heavy atom. The van der Waals surface area contributed by atoms with E-state index in [0.717, 1.165) is 49.0 Å². The van der Waals surface area contributed by atoms with E-state index in [1.54, 1.807) is 12.4 Å². The Morgan fingerprint density at radius 3 is 2.97 bits per heavy atom. The van der Waals surface area contributed by atoms with Crippen molar-refractivity contribution in [2.24, 2.45) is 5.92 Å². The summed E-state index contributed by atoms with van der Waals surface area (Å²) in [5, 5.41) is 4.30. The van der Waals surface area contributed by atoms with Crippen molar-refractivity contribution in [1.29, 1.82) is 0 Å². The van der Waals surface area contributed by atoms with Crippen LogP contribution in [0.4, 0.5) is 0 Å². The van der Waals surface area contributed by atoms with Crippen LogP contribution >= 0.6 is 0 Å². The molecular formula is C25H28N6O. The van der Waals surface area contributed by atoms with Gasteiger partial charge >= 0.3 is 0 Å². The zero-order valence-corrected chi connectivity index (χ0v) is 18.6. The van der Waals surface area contributed by atoms with Gasteiger partial charge in [-0.3, -0.25) is 9.88 Å². The van der Waals surface area contributed by atoms with E-state index in [1.807, 2.05) is 12.1 Å². The number of fused-ring (bicyclic) bond motifs is 2. The second kappa shape index (κ2) is 7.52. The van der Waals surface area contributed by atoms with E-state index in [2.05, 4.69) is 57.7 Å². The second-order valence-corrected chi connectivity index (χ2v) is 9.61. The Hall–Kier alpha value is -3.06. The summed E-state index contributed by atoms with van der Waals surface area (Å²) in [6.45, 7) is 7.25. The molecule has 0 aromatic carbocycles. The van der Waals surface area contributed by atoms with Crippen molar-refractivity contribution >= 4 is 5.52 Å². The average molecular weight is 429 g/mol. The predicted molar refractivity (Wildman–Crippen MR) is 121 cm³/mol. The first kappa shape index (κ1) is 19.6. The van der Waals surface area contributed by atoms with E-state index in [9.17, 15) is 0 Å². The van der Waals surface area contributed by atoms with Crippen LogP contribution in [0.15, 0.2) is 53.4 Å². The molecule has 0 unspecified atom stereocenters. The minimum absolute atomic E-state index is 0.0517. The Bertz CT molecular complexity index is 1250. The lowest BCUT2D eigenvalue weighted by Crippen LogP contribution is -2.32. The zero-order chi connectivity index (χ0) is 21.7. The summed E-state index contributed by atoms with van der Waals surface area (Å²) in [5.41, 5.74) is 3.21. The van der Waals surface area contributed by atoms with Crippen LogP contribution in [0.3, 0.4) is 0 Å². The summed E-state index contributed by atoms with van der Waals surface area (Å²) in [6, 6.07) is 10.2. The molecule has 0 N–H and O–H groups in total. The standard InChI is InChI=1S/C25H28N6O/c1-17(2)23-27-20(21-9-3-4-12-31(21)23)15-30-14-19-8-5-10-25(19,16-30)24-28-22(29-32-24)18-7-6-11-26-13-18/h3-4,6-7,9,11-13,17,19H,5,8,10,14-16H2,1-2H3/t19-,25-/m1/s1. The third-order valence-electron chi connectivity index (χ3n) is 7.25. The van der Waals surface area contributed by atoms with Gasteiger partial charge < -0.3 is 8.92 Å². The predicted octanol–water partition coefficient (Wildman–Crippen LogP) is 4.46. The van der Waals surface area contributed by atoms with Crippen molar-refractivity contribution in [2.45, 2.75) is 51.0 Å². The molecule has 2 atom stereocenters. The number of aromatic nitrogens is 5. The van der Waals surface area contributed by atoms with Crippen LogP contribution in [0.25, 0.3) is 16.9 Å². The molecule has 5 heterocycles. The second-order valence-electron chi connectivity index (χ2n) is 9.61. The van der Waals surface area contributed by atoms with Gasteiger partial charge in [0, 0.05) is 49.7 Å². The monoisotopic (exact) mass is 428 g/mol. The minimum atomic E-state index is -0.0517. The van der Waals surface area contributed by atoms with Gasteiger partial charge in [-0.2, -0.15) is 4.98 Å². The molecular weight excluding hydrogens is 400 g/mol. The van der Waals surface area contributed by atoms with Gasteiger partial charge in [0.2, 0.25) is 11.7 Å². The number of likely N-dealkylation sites (tertiary alicyclic amines) is 1. The Balaban J connectivity index is 1.29. The van der Waals surface area contributed by atoms with Gasteiger partial charge in [0.25, 0.3) is 0 Å². The molecule has 4 aromatic heterocycles. The van der Waals surface area contributed by atoms with Crippen LogP contribution in [0.5, 0.6) is 0 Å².